The Hall–Kier alpha value is -3.21. The van der Waals surface area contributed by atoms with Crippen molar-refractivity contribution in [3.8, 4) is 5.75 Å². The van der Waals surface area contributed by atoms with Crippen molar-refractivity contribution in [1.29, 1.82) is 0 Å². The van der Waals surface area contributed by atoms with E-state index in [1.165, 1.54) is 17.4 Å². The van der Waals surface area contributed by atoms with Crippen molar-refractivity contribution in [2.45, 2.75) is 11.4 Å². The SMILES string of the molecule is O=C(NNC(=O)c1cc(S(=O)(=O)NCc2ccccc2)ccc1O)c1cccs1. The molecular weight excluding hydrogens is 414 g/mol. The standard InChI is InChI=1S/C19H17N3O5S2/c23-16-9-8-14(29(26,27)20-12-13-5-2-1-3-6-13)11-15(16)18(24)21-22-19(25)17-7-4-10-28-17/h1-11,20,23H,12H2,(H,21,24)(H,22,25). The minimum absolute atomic E-state index is 0.0719. The first-order chi connectivity index (χ1) is 13.9. The second kappa shape index (κ2) is 8.86. The summed E-state index contributed by atoms with van der Waals surface area (Å²) in [5.74, 6) is -1.80. The van der Waals surface area contributed by atoms with Crippen LogP contribution >= 0.6 is 11.3 Å². The Balaban J connectivity index is 1.71. The van der Waals surface area contributed by atoms with Crippen LogP contribution in [-0.2, 0) is 16.6 Å². The van der Waals surface area contributed by atoms with Crippen molar-refractivity contribution in [1.82, 2.24) is 15.6 Å². The highest BCUT2D eigenvalue weighted by molar-refractivity contribution is 7.89. The van der Waals surface area contributed by atoms with Gasteiger partial charge in [-0.25, -0.2) is 13.1 Å². The lowest BCUT2D eigenvalue weighted by Crippen LogP contribution is -2.41. The molecule has 1 heterocycles. The van der Waals surface area contributed by atoms with E-state index in [9.17, 15) is 23.1 Å². The summed E-state index contributed by atoms with van der Waals surface area (Å²) in [6, 6.07) is 15.5. The van der Waals surface area contributed by atoms with Gasteiger partial charge in [0.1, 0.15) is 5.75 Å². The van der Waals surface area contributed by atoms with Crippen LogP contribution in [0.1, 0.15) is 25.6 Å². The number of nitrogens with one attached hydrogen (secondary N) is 3. The van der Waals surface area contributed by atoms with Crippen molar-refractivity contribution < 1.29 is 23.1 Å². The van der Waals surface area contributed by atoms with Crippen LogP contribution in [0.4, 0.5) is 0 Å². The highest BCUT2D eigenvalue weighted by Gasteiger charge is 2.20. The fourth-order valence-corrected chi connectivity index (χ4v) is 4.03. The van der Waals surface area contributed by atoms with Crippen LogP contribution in [0, 0.1) is 0 Å². The van der Waals surface area contributed by atoms with Crippen molar-refractivity contribution in [3.63, 3.8) is 0 Å². The second-order valence-corrected chi connectivity index (χ2v) is 8.59. The number of amides is 2. The first kappa shape index (κ1) is 20.5. The average molecular weight is 431 g/mol. The van der Waals surface area contributed by atoms with Gasteiger partial charge in [-0.1, -0.05) is 36.4 Å². The predicted molar refractivity (Wildman–Crippen MR) is 108 cm³/mol. The van der Waals surface area contributed by atoms with Gasteiger partial charge in [0.05, 0.1) is 15.3 Å². The Morgan fingerprint density at radius 1 is 0.931 bits per heavy atom. The maximum absolute atomic E-state index is 12.5. The van der Waals surface area contributed by atoms with Gasteiger partial charge in [0.25, 0.3) is 11.8 Å². The van der Waals surface area contributed by atoms with E-state index >= 15 is 0 Å². The number of carbonyl (C=O) groups excluding carboxylic acids is 2. The molecule has 0 saturated heterocycles. The van der Waals surface area contributed by atoms with Crippen LogP contribution in [0.5, 0.6) is 5.75 Å². The monoisotopic (exact) mass is 431 g/mol. The van der Waals surface area contributed by atoms with E-state index in [4.69, 9.17) is 0 Å². The maximum Gasteiger partial charge on any atom is 0.279 e. The minimum atomic E-state index is -3.92. The maximum atomic E-state index is 12.5. The Kier molecular flexibility index (Phi) is 6.27. The molecule has 10 heteroatoms. The van der Waals surface area contributed by atoms with Crippen molar-refractivity contribution in [3.05, 3.63) is 82.0 Å². The molecule has 2 aromatic carbocycles. The summed E-state index contributed by atoms with van der Waals surface area (Å²) in [7, 11) is -3.92. The lowest BCUT2D eigenvalue weighted by molar-refractivity contribution is 0.0847. The van der Waals surface area contributed by atoms with Crippen molar-refractivity contribution >= 4 is 33.2 Å². The summed E-state index contributed by atoms with van der Waals surface area (Å²) >= 11 is 1.19. The van der Waals surface area contributed by atoms with Gasteiger partial charge in [0.15, 0.2) is 0 Å². The summed E-state index contributed by atoms with van der Waals surface area (Å²) in [4.78, 5) is 24.4. The summed E-state index contributed by atoms with van der Waals surface area (Å²) in [5.41, 5.74) is 4.84. The zero-order valence-electron chi connectivity index (χ0n) is 15.0. The molecule has 2 amide bonds. The summed E-state index contributed by atoms with van der Waals surface area (Å²) in [6.45, 7) is 0.0719. The molecule has 0 aliphatic heterocycles. The van der Waals surface area contributed by atoms with Crippen molar-refractivity contribution in [2.24, 2.45) is 0 Å². The predicted octanol–water partition coefficient (Wildman–Crippen LogP) is 2.01. The molecule has 0 bridgehead atoms. The molecule has 0 aliphatic rings. The summed E-state index contributed by atoms with van der Waals surface area (Å²) in [5, 5.41) is 11.6. The molecule has 0 atom stereocenters. The molecule has 29 heavy (non-hydrogen) atoms. The molecule has 4 N–H and O–H groups in total. The fourth-order valence-electron chi connectivity index (χ4n) is 2.37. The quantitative estimate of drug-likeness (QED) is 0.445. The minimum Gasteiger partial charge on any atom is -0.507 e. The van der Waals surface area contributed by atoms with E-state index in [-0.39, 0.29) is 17.0 Å². The van der Waals surface area contributed by atoms with Gasteiger partial charge in [0, 0.05) is 6.54 Å². The molecular formula is C19H17N3O5S2. The van der Waals surface area contributed by atoms with E-state index < -0.39 is 27.6 Å². The molecule has 150 valence electrons. The van der Waals surface area contributed by atoms with E-state index in [0.29, 0.717) is 4.88 Å². The zero-order chi connectivity index (χ0) is 20.9. The molecule has 0 saturated carbocycles. The molecule has 0 radical (unpaired) electrons. The molecule has 0 aliphatic carbocycles. The van der Waals surface area contributed by atoms with E-state index in [1.54, 1.807) is 41.8 Å². The normalized spacial score (nSPS) is 11.0. The van der Waals surface area contributed by atoms with Gasteiger partial charge in [-0.3, -0.25) is 20.4 Å². The number of benzene rings is 2. The Morgan fingerprint density at radius 2 is 1.66 bits per heavy atom. The van der Waals surface area contributed by atoms with Crippen molar-refractivity contribution in [2.75, 3.05) is 0 Å². The third kappa shape index (κ3) is 5.19. The molecule has 0 spiro atoms. The van der Waals surface area contributed by atoms with Crippen LogP contribution in [0.15, 0.2) is 70.9 Å². The number of hydrogen-bond donors (Lipinski definition) is 4. The number of hydrazine groups is 1. The molecule has 3 rings (SSSR count). The summed E-state index contributed by atoms with van der Waals surface area (Å²) in [6.07, 6.45) is 0. The number of sulfonamides is 1. The Labute approximate surface area is 171 Å². The molecule has 0 unspecified atom stereocenters. The Morgan fingerprint density at radius 3 is 2.34 bits per heavy atom. The smallest absolute Gasteiger partial charge is 0.279 e. The van der Waals surface area contributed by atoms with Gasteiger partial charge in [-0.2, -0.15) is 0 Å². The molecule has 8 nitrogen and oxygen atoms in total. The number of hydrogen-bond acceptors (Lipinski definition) is 6. The number of rotatable bonds is 6. The van der Waals surface area contributed by atoms with E-state index in [1.807, 2.05) is 6.07 Å². The van der Waals surface area contributed by atoms with E-state index in [2.05, 4.69) is 15.6 Å². The number of thiophene rings is 1. The molecule has 1 aromatic heterocycles. The highest BCUT2D eigenvalue weighted by atomic mass is 32.2. The second-order valence-electron chi connectivity index (χ2n) is 5.87. The van der Waals surface area contributed by atoms with E-state index in [0.717, 1.165) is 17.7 Å². The van der Waals surface area contributed by atoms with Gasteiger partial charge in [0.2, 0.25) is 10.0 Å². The van der Waals surface area contributed by atoms with Crippen LogP contribution in [0.2, 0.25) is 0 Å². The lowest BCUT2D eigenvalue weighted by atomic mass is 10.2. The van der Waals surface area contributed by atoms with Gasteiger partial charge in [-0.15, -0.1) is 11.3 Å². The zero-order valence-corrected chi connectivity index (χ0v) is 16.6. The van der Waals surface area contributed by atoms with Gasteiger partial charge < -0.3 is 5.11 Å². The first-order valence-corrected chi connectivity index (χ1v) is 10.7. The Bertz CT molecular complexity index is 1110. The van der Waals surface area contributed by atoms with Gasteiger partial charge >= 0.3 is 0 Å². The van der Waals surface area contributed by atoms with Crippen LogP contribution < -0.4 is 15.6 Å². The van der Waals surface area contributed by atoms with Crippen LogP contribution in [-0.4, -0.2) is 25.3 Å². The number of carbonyl (C=O) groups is 2. The fraction of sp³-hybridized carbons (Fsp3) is 0.0526. The molecule has 3 aromatic rings. The third-order valence-electron chi connectivity index (χ3n) is 3.87. The average Bonchev–Trinajstić information content (AvgIpc) is 3.26. The number of phenolic OH excluding ortho intramolecular Hbond substituents is 1. The molecule has 0 fully saturated rings. The number of aromatic hydroxyl groups is 1. The largest absolute Gasteiger partial charge is 0.507 e. The van der Waals surface area contributed by atoms with Gasteiger partial charge in [-0.05, 0) is 35.2 Å². The number of phenols is 1. The van der Waals surface area contributed by atoms with Crippen LogP contribution in [0.25, 0.3) is 0 Å². The highest BCUT2D eigenvalue weighted by Crippen LogP contribution is 2.21. The summed E-state index contributed by atoms with van der Waals surface area (Å²) < 4.78 is 27.5. The van der Waals surface area contributed by atoms with Crippen LogP contribution in [0.3, 0.4) is 0 Å². The topological polar surface area (TPSA) is 125 Å². The lowest BCUT2D eigenvalue weighted by Gasteiger charge is -2.11. The third-order valence-corrected chi connectivity index (χ3v) is 6.13. The first-order valence-electron chi connectivity index (χ1n) is 8.37.